The Hall–Kier alpha value is -3.08. The molecule has 2 aromatic rings. The Morgan fingerprint density at radius 2 is 1.72 bits per heavy atom. The minimum Gasteiger partial charge on any atom is -0.343 e. The largest absolute Gasteiger partial charge is 0.343 e. The van der Waals surface area contributed by atoms with E-state index in [1.54, 1.807) is 11.1 Å². The Morgan fingerprint density at radius 1 is 1.04 bits per heavy atom. The molecule has 0 saturated heterocycles. The lowest BCUT2D eigenvalue weighted by atomic mass is 10.2. The normalized spacial score (nSPS) is 10.5. The molecule has 2 amide bonds. The molecule has 0 spiro atoms. The molecule has 2 rings (SSSR count). The number of benzene rings is 2. The fraction of sp³-hybridized carbons (Fsp3) is 0.200. The van der Waals surface area contributed by atoms with E-state index in [0.717, 1.165) is 16.8 Å². The fourth-order valence-corrected chi connectivity index (χ4v) is 2.20. The predicted molar refractivity (Wildman–Crippen MR) is 101 cm³/mol. The fourth-order valence-electron chi connectivity index (χ4n) is 2.20. The van der Waals surface area contributed by atoms with E-state index in [-0.39, 0.29) is 18.4 Å². The summed E-state index contributed by atoms with van der Waals surface area (Å²) in [6.45, 7) is 4.50. The van der Waals surface area contributed by atoms with Crippen molar-refractivity contribution in [2.24, 2.45) is 0 Å². The van der Waals surface area contributed by atoms with Crippen molar-refractivity contribution in [3.63, 3.8) is 0 Å². The van der Waals surface area contributed by atoms with Crippen molar-refractivity contribution in [2.45, 2.75) is 13.8 Å². The average Bonchev–Trinajstić information content (AvgIpc) is 2.64. The Balaban J connectivity index is 1.81. The third-order valence-electron chi connectivity index (χ3n) is 3.57. The Kier molecular flexibility index (Phi) is 6.77. The van der Waals surface area contributed by atoms with Crippen molar-refractivity contribution >= 4 is 23.6 Å². The lowest BCUT2D eigenvalue weighted by Gasteiger charge is -2.24. The molecular formula is C20H23N3O2. The van der Waals surface area contributed by atoms with Crippen LogP contribution < -0.4 is 15.8 Å². The van der Waals surface area contributed by atoms with Crippen molar-refractivity contribution in [3.05, 3.63) is 71.8 Å². The average molecular weight is 337 g/mol. The van der Waals surface area contributed by atoms with Crippen LogP contribution in [0.3, 0.4) is 0 Å². The summed E-state index contributed by atoms with van der Waals surface area (Å²) in [6.07, 6.45) is 3.12. The second-order valence-electron chi connectivity index (χ2n) is 5.58. The summed E-state index contributed by atoms with van der Waals surface area (Å²) in [5, 5.41) is 4.32. The first-order valence-electron chi connectivity index (χ1n) is 8.23. The maximum Gasteiger partial charge on any atom is 0.257 e. The summed E-state index contributed by atoms with van der Waals surface area (Å²) in [5.74, 6) is -0.582. The van der Waals surface area contributed by atoms with E-state index >= 15 is 0 Å². The molecule has 0 aromatic heterocycles. The van der Waals surface area contributed by atoms with Crippen LogP contribution in [-0.2, 0) is 9.59 Å². The van der Waals surface area contributed by atoms with Gasteiger partial charge in [0.25, 0.3) is 5.91 Å². The monoisotopic (exact) mass is 337 g/mol. The van der Waals surface area contributed by atoms with Gasteiger partial charge in [-0.05, 0) is 37.6 Å². The molecule has 2 N–H and O–H groups in total. The SMILES string of the molecule is CCN(NC(=O)CNC(=O)/C=C/c1ccccc1)c1ccc(C)cc1. The summed E-state index contributed by atoms with van der Waals surface area (Å²) in [7, 11) is 0. The van der Waals surface area contributed by atoms with Gasteiger partial charge in [0.2, 0.25) is 5.91 Å². The molecule has 25 heavy (non-hydrogen) atoms. The summed E-state index contributed by atoms with van der Waals surface area (Å²) in [4.78, 5) is 23.8. The first kappa shape index (κ1) is 18.3. The van der Waals surface area contributed by atoms with Gasteiger partial charge in [-0.15, -0.1) is 0 Å². The van der Waals surface area contributed by atoms with Gasteiger partial charge in [0.15, 0.2) is 0 Å². The van der Waals surface area contributed by atoms with Gasteiger partial charge in [-0.2, -0.15) is 0 Å². The number of carbonyl (C=O) groups excluding carboxylic acids is 2. The topological polar surface area (TPSA) is 61.4 Å². The molecule has 0 aliphatic carbocycles. The third kappa shape index (κ3) is 6.14. The second kappa shape index (κ2) is 9.27. The van der Waals surface area contributed by atoms with Crippen LogP contribution in [0.2, 0.25) is 0 Å². The number of carbonyl (C=O) groups is 2. The number of anilines is 1. The van der Waals surface area contributed by atoms with Crippen LogP contribution in [0, 0.1) is 6.92 Å². The number of aryl methyl sites for hydroxylation is 1. The van der Waals surface area contributed by atoms with E-state index in [4.69, 9.17) is 0 Å². The molecule has 0 heterocycles. The zero-order chi connectivity index (χ0) is 18.1. The highest BCUT2D eigenvalue weighted by Crippen LogP contribution is 2.12. The summed E-state index contributed by atoms with van der Waals surface area (Å²) >= 11 is 0. The van der Waals surface area contributed by atoms with Crippen molar-refractivity contribution in [1.29, 1.82) is 0 Å². The molecule has 0 fully saturated rings. The van der Waals surface area contributed by atoms with Crippen molar-refractivity contribution in [1.82, 2.24) is 10.7 Å². The molecule has 130 valence electrons. The summed E-state index contributed by atoms with van der Waals surface area (Å²) in [6, 6.07) is 17.4. The van der Waals surface area contributed by atoms with E-state index in [1.807, 2.05) is 68.4 Å². The van der Waals surface area contributed by atoms with Crippen LogP contribution in [0.5, 0.6) is 0 Å². The van der Waals surface area contributed by atoms with E-state index in [9.17, 15) is 9.59 Å². The first-order valence-corrected chi connectivity index (χ1v) is 8.23. The minimum atomic E-state index is -0.308. The molecule has 0 saturated carbocycles. The molecule has 0 aliphatic rings. The van der Waals surface area contributed by atoms with Crippen LogP contribution >= 0.6 is 0 Å². The Morgan fingerprint density at radius 3 is 2.36 bits per heavy atom. The quantitative estimate of drug-likeness (QED) is 0.603. The minimum absolute atomic E-state index is 0.0830. The maximum atomic E-state index is 12.0. The Bertz CT molecular complexity index is 724. The molecule has 2 aromatic carbocycles. The van der Waals surface area contributed by atoms with E-state index < -0.39 is 0 Å². The summed E-state index contributed by atoms with van der Waals surface area (Å²) in [5.41, 5.74) is 5.77. The number of amides is 2. The van der Waals surface area contributed by atoms with Gasteiger partial charge in [-0.25, -0.2) is 0 Å². The van der Waals surface area contributed by atoms with Crippen LogP contribution in [0.4, 0.5) is 5.69 Å². The zero-order valence-electron chi connectivity index (χ0n) is 14.5. The molecule has 0 unspecified atom stereocenters. The number of hydrazine groups is 1. The highest BCUT2D eigenvalue weighted by Gasteiger charge is 2.09. The highest BCUT2D eigenvalue weighted by atomic mass is 16.2. The van der Waals surface area contributed by atoms with Crippen LogP contribution in [-0.4, -0.2) is 24.9 Å². The number of hydrogen-bond donors (Lipinski definition) is 2. The molecular weight excluding hydrogens is 314 g/mol. The summed E-state index contributed by atoms with van der Waals surface area (Å²) < 4.78 is 0. The molecule has 0 aliphatic heterocycles. The lowest BCUT2D eigenvalue weighted by Crippen LogP contribution is -2.46. The number of rotatable bonds is 7. The highest BCUT2D eigenvalue weighted by molar-refractivity contribution is 5.94. The van der Waals surface area contributed by atoms with E-state index in [2.05, 4.69) is 10.7 Å². The molecule has 0 atom stereocenters. The van der Waals surface area contributed by atoms with Gasteiger partial charge >= 0.3 is 0 Å². The van der Waals surface area contributed by atoms with Crippen LogP contribution in [0.25, 0.3) is 6.08 Å². The Labute approximate surface area is 148 Å². The predicted octanol–water partition coefficient (Wildman–Crippen LogP) is 2.68. The van der Waals surface area contributed by atoms with E-state index in [1.165, 1.54) is 6.08 Å². The van der Waals surface area contributed by atoms with Crippen molar-refractivity contribution in [2.75, 3.05) is 18.1 Å². The van der Waals surface area contributed by atoms with Crippen LogP contribution in [0.1, 0.15) is 18.1 Å². The molecule has 0 bridgehead atoms. The lowest BCUT2D eigenvalue weighted by molar-refractivity contribution is -0.124. The number of nitrogens with zero attached hydrogens (tertiary/aromatic N) is 1. The molecule has 0 radical (unpaired) electrons. The first-order chi connectivity index (χ1) is 12.1. The number of nitrogens with one attached hydrogen (secondary N) is 2. The van der Waals surface area contributed by atoms with Crippen molar-refractivity contribution in [3.8, 4) is 0 Å². The van der Waals surface area contributed by atoms with Gasteiger partial charge in [0.1, 0.15) is 0 Å². The molecule has 5 nitrogen and oxygen atoms in total. The third-order valence-corrected chi connectivity index (χ3v) is 3.57. The van der Waals surface area contributed by atoms with Crippen LogP contribution in [0.15, 0.2) is 60.7 Å². The van der Waals surface area contributed by atoms with Gasteiger partial charge in [-0.3, -0.25) is 20.0 Å². The van der Waals surface area contributed by atoms with Gasteiger partial charge < -0.3 is 5.32 Å². The maximum absolute atomic E-state index is 12.0. The van der Waals surface area contributed by atoms with E-state index in [0.29, 0.717) is 6.54 Å². The van der Waals surface area contributed by atoms with Crippen molar-refractivity contribution < 1.29 is 9.59 Å². The van der Waals surface area contributed by atoms with Gasteiger partial charge in [-0.1, -0.05) is 48.0 Å². The van der Waals surface area contributed by atoms with Gasteiger partial charge in [0.05, 0.1) is 12.2 Å². The smallest absolute Gasteiger partial charge is 0.257 e. The standard InChI is InChI=1S/C20H23N3O2/c1-3-23(18-12-9-16(2)10-13-18)22-20(25)15-21-19(24)14-11-17-7-5-4-6-8-17/h4-14H,3,15H2,1-2H3,(H,21,24)(H,22,25)/b14-11+. The number of hydrogen-bond acceptors (Lipinski definition) is 3. The second-order valence-corrected chi connectivity index (χ2v) is 5.58. The van der Waals surface area contributed by atoms with Gasteiger partial charge in [0, 0.05) is 12.6 Å². The molecule has 5 heteroatoms. The zero-order valence-corrected chi connectivity index (χ0v) is 14.5.